The number of alkyl halides is 3. The summed E-state index contributed by atoms with van der Waals surface area (Å²) in [6.07, 6.45) is -2.44. The number of rotatable bonds is 2. The Bertz CT molecular complexity index is 548. The molecule has 122 valence electrons. The Labute approximate surface area is 124 Å². The summed E-state index contributed by atoms with van der Waals surface area (Å²) in [5.41, 5.74) is -1.44. The molecule has 0 aromatic heterocycles. The lowest BCUT2D eigenvalue weighted by atomic mass is 10.0. The quantitative estimate of drug-likeness (QED) is 0.822. The number of hydrogen-bond acceptors (Lipinski definition) is 2. The minimum atomic E-state index is -4.78. The molecule has 1 heterocycles. The molecule has 0 unspecified atom stereocenters. The largest absolute Gasteiger partial charge is 0.419 e. The first-order valence-corrected chi connectivity index (χ1v) is 6.88. The van der Waals surface area contributed by atoms with Crippen LogP contribution in [-0.2, 0) is 6.18 Å². The van der Waals surface area contributed by atoms with Gasteiger partial charge in [-0.1, -0.05) is 0 Å². The standard InChI is InChI=1S/C14H16F4N2O2/c15-12-7-9(4-5-11(12)14(16,17)18)19-13(22)20-6-2-1-3-10(20)8-21/h4-5,7,10,21H,1-3,6,8H2,(H,19,22)/t10-/m0/s1. The predicted octanol–water partition coefficient (Wildman–Crippen LogP) is 3.22. The van der Waals surface area contributed by atoms with Crippen LogP contribution in [0.3, 0.4) is 0 Å². The molecule has 1 atom stereocenters. The summed E-state index contributed by atoms with van der Waals surface area (Å²) in [7, 11) is 0. The topological polar surface area (TPSA) is 52.6 Å². The molecule has 2 N–H and O–H groups in total. The van der Waals surface area contributed by atoms with Crippen molar-refractivity contribution in [3.63, 3.8) is 0 Å². The van der Waals surface area contributed by atoms with Gasteiger partial charge in [0.1, 0.15) is 5.82 Å². The second-order valence-electron chi connectivity index (χ2n) is 5.15. The van der Waals surface area contributed by atoms with Gasteiger partial charge in [-0.2, -0.15) is 13.2 Å². The highest BCUT2D eigenvalue weighted by Crippen LogP contribution is 2.32. The molecule has 2 rings (SSSR count). The van der Waals surface area contributed by atoms with Crippen LogP contribution in [0, 0.1) is 5.82 Å². The molecule has 4 nitrogen and oxygen atoms in total. The number of halogens is 4. The summed E-state index contributed by atoms with van der Waals surface area (Å²) < 4.78 is 50.9. The summed E-state index contributed by atoms with van der Waals surface area (Å²) >= 11 is 0. The highest BCUT2D eigenvalue weighted by atomic mass is 19.4. The number of amides is 2. The van der Waals surface area contributed by atoms with Crippen molar-refractivity contribution in [2.45, 2.75) is 31.5 Å². The van der Waals surface area contributed by atoms with Crippen LogP contribution in [0.25, 0.3) is 0 Å². The van der Waals surface area contributed by atoms with Crippen molar-refractivity contribution in [1.29, 1.82) is 0 Å². The number of benzene rings is 1. The molecule has 1 fully saturated rings. The highest BCUT2D eigenvalue weighted by molar-refractivity contribution is 5.89. The fraction of sp³-hybridized carbons (Fsp3) is 0.500. The van der Waals surface area contributed by atoms with Crippen molar-refractivity contribution in [2.75, 3.05) is 18.5 Å². The first-order valence-electron chi connectivity index (χ1n) is 6.88. The number of urea groups is 1. The lowest BCUT2D eigenvalue weighted by Gasteiger charge is -2.34. The van der Waals surface area contributed by atoms with Crippen LogP contribution in [-0.4, -0.2) is 35.2 Å². The van der Waals surface area contributed by atoms with Crippen LogP contribution in [0.15, 0.2) is 18.2 Å². The molecule has 1 saturated heterocycles. The maximum atomic E-state index is 13.5. The number of aliphatic hydroxyl groups is 1. The summed E-state index contributed by atoms with van der Waals surface area (Å²) in [6.45, 7) is 0.259. The third-order valence-corrected chi connectivity index (χ3v) is 3.62. The van der Waals surface area contributed by atoms with E-state index in [1.165, 1.54) is 4.90 Å². The molecule has 2 amide bonds. The molecule has 1 aliphatic rings. The van der Waals surface area contributed by atoms with Crippen molar-refractivity contribution < 1.29 is 27.5 Å². The number of likely N-dealkylation sites (tertiary alicyclic amines) is 1. The lowest BCUT2D eigenvalue weighted by molar-refractivity contribution is -0.139. The lowest BCUT2D eigenvalue weighted by Crippen LogP contribution is -2.47. The Morgan fingerprint density at radius 1 is 1.36 bits per heavy atom. The zero-order valence-electron chi connectivity index (χ0n) is 11.7. The van der Waals surface area contributed by atoms with Gasteiger partial charge in [0.25, 0.3) is 0 Å². The van der Waals surface area contributed by atoms with Crippen molar-refractivity contribution in [2.24, 2.45) is 0 Å². The molecule has 8 heteroatoms. The Morgan fingerprint density at radius 2 is 2.09 bits per heavy atom. The third kappa shape index (κ3) is 3.68. The van der Waals surface area contributed by atoms with E-state index < -0.39 is 23.6 Å². The zero-order valence-corrected chi connectivity index (χ0v) is 11.7. The average Bonchev–Trinajstić information content (AvgIpc) is 2.45. The van der Waals surface area contributed by atoms with E-state index in [9.17, 15) is 27.5 Å². The number of carbonyl (C=O) groups excluding carboxylic acids is 1. The van der Waals surface area contributed by atoms with E-state index >= 15 is 0 Å². The molecule has 1 aromatic rings. The van der Waals surface area contributed by atoms with Gasteiger partial charge in [-0.3, -0.25) is 0 Å². The molecule has 0 aliphatic carbocycles. The monoisotopic (exact) mass is 320 g/mol. The van der Waals surface area contributed by atoms with E-state index in [-0.39, 0.29) is 18.3 Å². The molecule has 0 spiro atoms. The molecule has 1 aromatic carbocycles. The average molecular weight is 320 g/mol. The van der Waals surface area contributed by atoms with Crippen molar-refractivity contribution in [3.8, 4) is 0 Å². The van der Waals surface area contributed by atoms with E-state index in [0.717, 1.165) is 18.9 Å². The van der Waals surface area contributed by atoms with Crippen LogP contribution in [0.5, 0.6) is 0 Å². The van der Waals surface area contributed by atoms with E-state index in [4.69, 9.17) is 0 Å². The molecule has 0 bridgehead atoms. The Balaban J connectivity index is 2.10. The van der Waals surface area contributed by atoms with Gasteiger partial charge in [-0.05, 0) is 37.5 Å². The van der Waals surface area contributed by atoms with Gasteiger partial charge >= 0.3 is 12.2 Å². The number of piperidine rings is 1. The number of carbonyl (C=O) groups is 1. The van der Waals surface area contributed by atoms with Gasteiger partial charge in [0.05, 0.1) is 18.2 Å². The number of hydrogen-bond donors (Lipinski definition) is 2. The predicted molar refractivity (Wildman–Crippen MR) is 71.9 cm³/mol. The maximum absolute atomic E-state index is 13.5. The molecule has 1 aliphatic heterocycles. The number of aliphatic hydroxyl groups excluding tert-OH is 1. The summed E-state index contributed by atoms with van der Waals surface area (Å²) in [5.74, 6) is -1.44. The van der Waals surface area contributed by atoms with Gasteiger partial charge in [-0.15, -0.1) is 0 Å². The van der Waals surface area contributed by atoms with Crippen LogP contribution < -0.4 is 5.32 Å². The Kier molecular flexibility index (Phi) is 4.90. The Hall–Kier alpha value is -1.83. The normalized spacial score (nSPS) is 19.1. The smallest absolute Gasteiger partial charge is 0.394 e. The number of nitrogens with one attached hydrogen (secondary N) is 1. The van der Waals surface area contributed by atoms with E-state index in [1.807, 2.05) is 0 Å². The van der Waals surface area contributed by atoms with Gasteiger partial charge in [0.2, 0.25) is 0 Å². The van der Waals surface area contributed by atoms with E-state index in [2.05, 4.69) is 5.32 Å². The molecule has 0 saturated carbocycles. The molecular formula is C14H16F4N2O2. The minimum Gasteiger partial charge on any atom is -0.394 e. The van der Waals surface area contributed by atoms with Crippen molar-refractivity contribution >= 4 is 11.7 Å². The third-order valence-electron chi connectivity index (χ3n) is 3.62. The molecule has 22 heavy (non-hydrogen) atoms. The number of anilines is 1. The van der Waals surface area contributed by atoms with E-state index in [0.29, 0.717) is 25.1 Å². The molecular weight excluding hydrogens is 304 g/mol. The van der Waals surface area contributed by atoms with Crippen molar-refractivity contribution in [1.82, 2.24) is 4.90 Å². The summed E-state index contributed by atoms with van der Waals surface area (Å²) in [5, 5.41) is 11.6. The first-order chi connectivity index (χ1) is 10.3. The van der Waals surface area contributed by atoms with Gasteiger partial charge in [0.15, 0.2) is 0 Å². The minimum absolute atomic E-state index is 0.0576. The molecule has 0 radical (unpaired) electrons. The van der Waals surface area contributed by atoms with Crippen LogP contribution in [0.1, 0.15) is 24.8 Å². The second-order valence-corrected chi connectivity index (χ2v) is 5.15. The summed E-state index contributed by atoms with van der Waals surface area (Å²) in [4.78, 5) is 13.5. The van der Waals surface area contributed by atoms with Crippen molar-refractivity contribution in [3.05, 3.63) is 29.6 Å². The van der Waals surface area contributed by atoms with Gasteiger partial charge in [-0.25, -0.2) is 9.18 Å². The fourth-order valence-electron chi connectivity index (χ4n) is 2.48. The Morgan fingerprint density at radius 3 is 2.68 bits per heavy atom. The SMILES string of the molecule is O=C(Nc1ccc(C(F)(F)F)c(F)c1)N1CCCC[C@H]1CO. The van der Waals surface area contributed by atoms with Crippen LogP contribution >= 0.6 is 0 Å². The zero-order chi connectivity index (χ0) is 16.3. The van der Waals surface area contributed by atoms with Gasteiger partial charge < -0.3 is 15.3 Å². The van der Waals surface area contributed by atoms with E-state index in [1.54, 1.807) is 0 Å². The number of nitrogens with zero attached hydrogens (tertiary/aromatic N) is 1. The summed E-state index contributed by atoms with van der Waals surface area (Å²) in [6, 6.07) is 1.34. The highest BCUT2D eigenvalue weighted by Gasteiger charge is 2.34. The maximum Gasteiger partial charge on any atom is 0.419 e. The first kappa shape index (κ1) is 16.5. The van der Waals surface area contributed by atoms with Crippen LogP contribution in [0.4, 0.5) is 28.0 Å². The van der Waals surface area contributed by atoms with Gasteiger partial charge in [0, 0.05) is 12.2 Å². The fourth-order valence-corrected chi connectivity index (χ4v) is 2.48. The van der Waals surface area contributed by atoms with Crippen LogP contribution in [0.2, 0.25) is 0 Å². The second kappa shape index (κ2) is 6.51.